The molecule has 7 heteroatoms. The van der Waals surface area contributed by atoms with Gasteiger partial charge in [0.05, 0.1) is 5.02 Å². The van der Waals surface area contributed by atoms with E-state index in [2.05, 4.69) is 0 Å². The third-order valence-electron chi connectivity index (χ3n) is 1.52. The van der Waals surface area contributed by atoms with E-state index in [1.807, 2.05) is 0 Å². The Hall–Kier alpha value is -1.27. The number of nitrogens with two attached hydrogens (primary N) is 1. The lowest BCUT2D eigenvalue weighted by Crippen LogP contribution is -2.28. The first-order valence-electron chi connectivity index (χ1n) is 3.91. The number of nitrogen functional groups attached to an aromatic ring is 1. The monoisotopic (exact) mass is 248 g/mol. The summed E-state index contributed by atoms with van der Waals surface area (Å²) in [6.45, 7) is 1.09. The Bertz CT molecular complexity index is 499. The quantitative estimate of drug-likeness (QED) is 0.756. The number of benzene rings is 1. The van der Waals surface area contributed by atoms with Gasteiger partial charge in [0, 0.05) is 12.6 Å². The second-order valence-electron chi connectivity index (χ2n) is 2.85. The first-order valence-corrected chi connectivity index (χ1v) is 5.77. The number of nitrogens with one attached hydrogen (secondary N) is 1. The molecule has 0 saturated carbocycles. The number of carbonyl (C=O) groups excluding carboxylic acids is 1. The largest absolute Gasteiger partial charge is 0.399 e. The molecule has 0 unspecified atom stereocenters. The fourth-order valence-electron chi connectivity index (χ4n) is 0.970. The van der Waals surface area contributed by atoms with E-state index in [-0.39, 0.29) is 15.6 Å². The Morgan fingerprint density at radius 1 is 1.47 bits per heavy atom. The van der Waals surface area contributed by atoms with E-state index in [1.54, 1.807) is 4.72 Å². The van der Waals surface area contributed by atoms with Crippen LogP contribution in [0.1, 0.15) is 6.92 Å². The number of rotatable bonds is 2. The highest BCUT2D eigenvalue weighted by Gasteiger charge is 2.19. The summed E-state index contributed by atoms with van der Waals surface area (Å²) in [5.74, 6) is -0.687. The van der Waals surface area contributed by atoms with Crippen molar-refractivity contribution in [3.63, 3.8) is 0 Å². The van der Waals surface area contributed by atoms with E-state index < -0.39 is 15.9 Å². The van der Waals surface area contributed by atoms with Gasteiger partial charge in [-0.3, -0.25) is 4.79 Å². The van der Waals surface area contributed by atoms with E-state index >= 15 is 0 Å². The maximum absolute atomic E-state index is 11.5. The molecule has 3 N–H and O–H groups in total. The number of sulfonamides is 1. The summed E-state index contributed by atoms with van der Waals surface area (Å²) in [4.78, 5) is 10.5. The average Bonchev–Trinajstić information content (AvgIpc) is 2.06. The summed E-state index contributed by atoms with van der Waals surface area (Å²) in [6.07, 6.45) is 0. The highest BCUT2D eigenvalue weighted by Crippen LogP contribution is 2.23. The molecule has 0 radical (unpaired) electrons. The summed E-state index contributed by atoms with van der Waals surface area (Å²) in [6, 6.07) is 4.01. The molecule has 5 nitrogen and oxygen atoms in total. The zero-order chi connectivity index (χ0) is 11.6. The molecule has 0 heterocycles. The molecule has 1 rings (SSSR count). The first kappa shape index (κ1) is 11.8. The first-order chi connectivity index (χ1) is 6.83. The van der Waals surface area contributed by atoms with Gasteiger partial charge in [0.25, 0.3) is 10.0 Å². The van der Waals surface area contributed by atoms with Gasteiger partial charge in [0.2, 0.25) is 5.91 Å². The molecule has 0 fully saturated rings. The van der Waals surface area contributed by atoms with Gasteiger partial charge < -0.3 is 5.73 Å². The highest BCUT2D eigenvalue weighted by molar-refractivity contribution is 7.90. The van der Waals surface area contributed by atoms with Crippen molar-refractivity contribution in [1.29, 1.82) is 0 Å². The standard InChI is InChI=1S/C8H9ClN2O3S/c1-5(12)11-15(13,14)8-4-6(10)2-3-7(8)9/h2-4H,10H2,1H3,(H,11,12). The van der Waals surface area contributed by atoms with Crippen molar-refractivity contribution in [3.8, 4) is 0 Å². The van der Waals surface area contributed by atoms with Crippen LogP contribution in [0.3, 0.4) is 0 Å². The van der Waals surface area contributed by atoms with Crippen LogP contribution in [0.5, 0.6) is 0 Å². The van der Waals surface area contributed by atoms with Gasteiger partial charge in [0.15, 0.2) is 0 Å². The minimum absolute atomic E-state index is 0.0120. The van der Waals surface area contributed by atoms with Crippen molar-refractivity contribution in [2.45, 2.75) is 11.8 Å². The normalized spacial score (nSPS) is 11.1. The SMILES string of the molecule is CC(=O)NS(=O)(=O)c1cc(N)ccc1Cl. The Balaban J connectivity index is 3.26. The van der Waals surface area contributed by atoms with Crippen LogP contribution in [-0.4, -0.2) is 14.3 Å². The topological polar surface area (TPSA) is 89.3 Å². The predicted octanol–water partition coefficient (Wildman–Crippen LogP) is 0.747. The van der Waals surface area contributed by atoms with Crippen molar-refractivity contribution in [2.24, 2.45) is 0 Å². The summed E-state index contributed by atoms with van der Waals surface area (Å²) >= 11 is 5.68. The van der Waals surface area contributed by atoms with Crippen molar-refractivity contribution < 1.29 is 13.2 Å². The lowest BCUT2D eigenvalue weighted by molar-refractivity contribution is -0.117. The second-order valence-corrected chi connectivity index (χ2v) is 4.91. The number of carbonyl (C=O) groups is 1. The van der Waals surface area contributed by atoms with E-state index in [4.69, 9.17) is 17.3 Å². The van der Waals surface area contributed by atoms with Crippen LogP contribution in [0.2, 0.25) is 5.02 Å². The van der Waals surface area contributed by atoms with Crippen molar-refractivity contribution in [3.05, 3.63) is 23.2 Å². The molecule has 0 aliphatic heterocycles. The van der Waals surface area contributed by atoms with E-state index in [9.17, 15) is 13.2 Å². The van der Waals surface area contributed by atoms with Crippen molar-refractivity contribution >= 4 is 33.2 Å². The molecule has 0 bridgehead atoms. The van der Waals surface area contributed by atoms with Crippen LogP contribution < -0.4 is 10.5 Å². The zero-order valence-corrected chi connectivity index (χ0v) is 9.39. The van der Waals surface area contributed by atoms with Crippen molar-refractivity contribution in [2.75, 3.05) is 5.73 Å². The van der Waals surface area contributed by atoms with Gasteiger partial charge in [-0.2, -0.15) is 0 Å². The molecular formula is C8H9ClN2O3S. The smallest absolute Gasteiger partial charge is 0.265 e. The molecule has 0 aliphatic carbocycles. The lowest BCUT2D eigenvalue weighted by atomic mass is 10.3. The summed E-state index contributed by atoms with van der Waals surface area (Å²) in [7, 11) is -3.92. The summed E-state index contributed by atoms with van der Waals surface area (Å²) < 4.78 is 24.9. The maximum Gasteiger partial charge on any atom is 0.265 e. The van der Waals surface area contributed by atoms with Gasteiger partial charge >= 0.3 is 0 Å². The fourth-order valence-corrected chi connectivity index (χ4v) is 2.50. The highest BCUT2D eigenvalue weighted by atomic mass is 35.5. The maximum atomic E-state index is 11.5. The molecular weight excluding hydrogens is 240 g/mol. The molecule has 82 valence electrons. The van der Waals surface area contributed by atoms with Crippen LogP contribution in [0, 0.1) is 0 Å². The van der Waals surface area contributed by atoms with E-state index in [0.717, 1.165) is 6.92 Å². The number of hydrogen-bond donors (Lipinski definition) is 2. The Morgan fingerprint density at radius 2 is 2.07 bits per heavy atom. The summed E-state index contributed by atoms with van der Waals surface area (Å²) in [5, 5.41) is 0.0120. The number of anilines is 1. The molecule has 15 heavy (non-hydrogen) atoms. The average molecular weight is 249 g/mol. The number of amides is 1. The second kappa shape index (κ2) is 4.08. The third kappa shape index (κ3) is 2.84. The van der Waals surface area contributed by atoms with Gasteiger partial charge in [-0.05, 0) is 18.2 Å². The molecule has 1 aromatic carbocycles. The zero-order valence-electron chi connectivity index (χ0n) is 7.82. The van der Waals surface area contributed by atoms with Crippen LogP contribution in [0.25, 0.3) is 0 Å². The molecule has 0 spiro atoms. The fraction of sp³-hybridized carbons (Fsp3) is 0.125. The van der Waals surface area contributed by atoms with Crippen LogP contribution >= 0.6 is 11.6 Å². The van der Waals surface area contributed by atoms with Gasteiger partial charge in [-0.1, -0.05) is 11.6 Å². The molecule has 0 atom stereocenters. The lowest BCUT2D eigenvalue weighted by Gasteiger charge is -2.07. The minimum atomic E-state index is -3.92. The van der Waals surface area contributed by atoms with Gasteiger partial charge in [-0.25, -0.2) is 13.1 Å². The van der Waals surface area contributed by atoms with Gasteiger partial charge in [0.1, 0.15) is 4.90 Å². The molecule has 0 aliphatic rings. The Labute approximate surface area is 92.3 Å². The number of halogens is 1. The third-order valence-corrected chi connectivity index (χ3v) is 3.44. The number of hydrogen-bond acceptors (Lipinski definition) is 4. The molecule has 1 aromatic rings. The van der Waals surface area contributed by atoms with Crippen LogP contribution in [0.15, 0.2) is 23.1 Å². The minimum Gasteiger partial charge on any atom is -0.399 e. The Morgan fingerprint density at radius 3 is 2.60 bits per heavy atom. The van der Waals surface area contributed by atoms with Crippen LogP contribution in [0.4, 0.5) is 5.69 Å². The molecule has 0 aromatic heterocycles. The van der Waals surface area contributed by atoms with Gasteiger partial charge in [-0.15, -0.1) is 0 Å². The van der Waals surface area contributed by atoms with Crippen LogP contribution in [-0.2, 0) is 14.8 Å². The van der Waals surface area contributed by atoms with E-state index in [0.29, 0.717) is 0 Å². The molecule has 0 saturated heterocycles. The van der Waals surface area contributed by atoms with E-state index in [1.165, 1.54) is 18.2 Å². The Kier molecular flexibility index (Phi) is 3.21. The molecule has 1 amide bonds. The predicted molar refractivity (Wildman–Crippen MR) is 56.9 cm³/mol. The van der Waals surface area contributed by atoms with Crippen molar-refractivity contribution in [1.82, 2.24) is 4.72 Å². The summed E-state index contributed by atoms with van der Waals surface area (Å²) in [5.41, 5.74) is 5.67.